The van der Waals surface area contributed by atoms with Gasteiger partial charge in [0.1, 0.15) is 6.04 Å². The van der Waals surface area contributed by atoms with Gasteiger partial charge in [0.25, 0.3) is 0 Å². The van der Waals surface area contributed by atoms with Gasteiger partial charge >= 0.3 is 0 Å². The number of nitrogens with zero attached hydrogens (tertiary/aromatic N) is 2. The second kappa shape index (κ2) is 14.1. The lowest BCUT2D eigenvalue weighted by molar-refractivity contribution is -0.138. The first kappa shape index (κ1) is 27.9. The zero-order valence-electron chi connectivity index (χ0n) is 21.1. The number of carbonyl (C=O) groups is 2. The van der Waals surface area contributed by atoms with Gasteiger partial charge < -0.3 is 15.0 Å². The van der Waals surface area contributed by atoms with Crippen LogP contribution in [-0.2, 0) is 20.9 Å². The molecule has 8 heteroatoms. The molecular weight excluding hydrogens is 521 g/mol. The van der Waals surface area contributed by atoms with E-state index in [1.54, 1.807) is 29.2 Å². The van der Waals surface area contributed by atoms with Gasteiger partial charge in [0.2, 0.25) is 11.8 Å². The maximum atomic E-state index is 13.7. The monoisotopic (exact) mass is 551 g/mol. The van der Waals surface area contributed by atoms with Crippen LogP contribution >= 0.6 is 23.2 Å². The van der Waals surface area contributed by atoms with Gasteiger partial charge in [-0.25, -0.2) is 0 Å². The van der Waals surface area contributed by atoms with Crippen LogP contribution in [-0.4, -0.2) is 61.0 Å². The largest absolute Gasteiger partial charge is 0.379 e. The predicted octanol–water partition coefficient (Wildman–Crippen LogP) is 5.23. The molecule has 1 heterocycles. The van der Waals surface area contributed by atoms with Crippen molar-refractivity contribution in [1.29, 1.82) is 0 Å². The highest BCUT2D eigenvalue weighted by Gasteiger charge is 2.30. The summed E-state index contributed by atoms with van der Waals surface area (Å²) >= 11 is 12.3. The lowest BCUT2D eigenvalue weighted by atomic mass is 10.0. The van der Waals surface area contributed by atoms with Gasteiger partial charge in [-0.2, -0.15) is 0 Å². The fourth-order valence-electron chi connectivity index (χ4n) is 4.34. The summed E-state index contributed by atoms with van der Waals surface area (Å²) in [7, 11) is 0. The molecule has 1 fully saturated rings. The van der Waals surface area contributed by atoms with Gasteiger partial charge in [-0.3, -0.25) is 14.5 Å². The van der Waals surface area contributed by atoms with E-state index in [1.807, 2.05) is 60.7 Å². The number of morpholine rings is 1. The molecule has 38 heavy (non-hydrogen) atoms. The van der Waals surface area contributed by atoms with Crippen molar-refractivity contribution in [2.75, 3.05) is 39.4 Å². The molecule has 0 aliphatic carbocycles. The fraction of sp³-hybridized carbons (Fsp3) is 0.267. The van der Waals surface area contributed by atoms with E-state index in [4.69, 9.17) is 27.9 Å². The van der Waals surface area contributed by atoms with Crippen molar-refractivity contribution in [2.45, 2.75) is 12.6 Å². The first-order valence-corrected chi connectivity index (χ1v) is 13.4. The van der Waals surface area contributed by atoms with Gasteiger partial charge in [-0.05, 0) is 34.9 Å². The molecule has 1 aliphatic heterocycles. The van der Waals surface area contributed by atoms with E-state index in [0.717, 1.165) is 30.8 Å². The fourth-order valence-corrected chi connectivity index (χ4v) is 4.81. The molecule has 3 aromatic carbocycles. The Morgan fingerprint density at radius 2 is 1.66 bits per heavy atom. The number of ether oxygens (including phenoxy) is 1. The lowest BCUT2D eigenvalue weighted by Crippen LogP contribution is -2.46. The maximum Gasteiger partial charge on any atom is 0.247 e. The molecule has 1 atom stereocenters. The molecule has 0 bridgehead atoms. The van der Waals surface area contributed by atoms with Crippen molar-refractivity contribution in [2.24, 2.45) is 0 Å². The van der Waals surface area contributed by atoms with Crippen LogP contribution in [0.1, 0.15) is 22.7 Å². The molecule has 6 nitrogen and oxygen atoms in total. The number of hydrogen-bond acceptors (Lipinski definition) is 4. The van der Waals surface area contributed by atoms with Gasteiger partial charge in [0.05, 0.1) is 13.2 Å². The number of carbonyl (C=O) groups excluding carboxylic acids is 2. The number of rotatable bonds is 10. The minimum Gasteiger partial charge on any atom is -0.379 e. The summed E-state index contributed by atoms with van der Waals surface area (Å²) < 4.78 is 5.41. The molecule has 4 rings (SSSR count). The van der Waals surface area contributed by atoms with Crippen LogP contribution in [0.2, 0.25) is 10.0 Å². The molecule has 2 amide bonds. The minimum atomic E-state index is -0.820. The van der Waals surface area contributed by atoms with E-state index < -0.39 is 6.04 Å². The van der Waals surface area contributed by atoms with Gasteiger partial charge in [-0.15, -0.1) is 0 Å². The third-order valence-corrected chi connectivity index (χ3v) is 6.92. The summed E-state index contributed by atoms with van der Waals surface area (Å²) in [5.41, 5.74) is 2.31. The van der Waals surface area contributed by atoms with Crippen LogP contribution in [0.15, 0.2) is 84.9 Å². The number of amides is 2. The second-order valence-corrected chi connectivity index (χ2v) is 9.85. The van der Waals surface area contributed by atoms with E-state index in [9.17, 15) is 9.59 Å². The van der Waals surface area contributed by atoms with E-state index in [1.165, 1.54) is 6.08 Å². The Morgan fingerprint density at radius 3 is 2.34 bits per heavy atom. The number of nitrogens with one attached hydrogen (secondary N) is 1. The van der Waals surface area contributed by atoms with Gasteiger partial charge in [-0.1, -0.05) is 89.9 Å². The smallest absolute Gasteiger partial charge is 0.247 e. The first-order valence-electron chi connectivity index (χ1n) is 12.6. The Morgan fingerprint density at radius 1 is 0.974 bits per heavy atom. The van der Waals surface area contributed by atoms with Crippen molar-refractivity contribution in [3.8, 4) is 0 Å². The van der Waals surface area contributed by atoms with Crippen LogP contribution in [0.3, 0.4) is 0 Å². The topological polar surface area (TPSA) is 61.9 Å². The number of benzene rings is 3. The molecule has 0 spiro atoms. The van der Waals surface area contributed by atoms with Crippen LogP contribution in [0.4, 0.5) is 0 Å². The van der Waals surface area contributed by atoms with E-state index in [0.29, 0.717) is 35.4 Å². The molecule has 198 valence electrons. The average molecular weight is 553 g/mol. The molecule has 3 aromatic rings. The van der Waals surface area contributed by atoms with Crippen molar-refractivity contribution in [1.82, 2.24) is 15.1 Å². The zero-order chi connectivity index (χ0) is 26.7. The maximum absolute atomic E-state index is 13.7. The van der Waals surface area contributed by atoms with Crippen molar-refractivity contribution in [3.63, 3.8) is 0 Å². The predicted molar refractivity (Wildman–Crippen MR) is 152 cm³/mol. The molecule has 0 aromatic heterocycles. The van der Waals surface area contributed by atoms with Crippen molar-refractivity contribution < 1.29 is 14.3 Å². The van der Waals surface area contributed by atoms with Crippen LogP contribution in [0, 0.1) is 0 Å². The third-order valence-electron chi connectivity index (χ3n) is 6.35. The van der Waals surface area contributed by atoms with Gasteiger partial charge in [0, 0.05) is 48.8 Å². The lowest BCUT2D eigenvalue weighted by Gasteiger charge is -2.31. The number of hydrogen-bond donors (Lipinski definition) is 1. The summed E-state index contributed by atoms with van der Waals surface area (Å²) in [6, 6.07) is 23.3. The summed E-state index contributed by atoms with van der Waals surface area (Å²) in [5, 5.41) is 4.02. The number of halogens is 2. The highest BCUT2D eigenvalue weighted by Crippen LogP contribution is 2.26. The highest BCUT2D eigenvalue weighted by molar-refractivity contribution is 6.35. The Hall–Kier alpha value is -3.16. The Labute approximate surface area is 233 Å². The quantitative estimate of drug-likeness (QED) is 0.350. The molecule has 1 unspecified atom stereocenters. The van der Waals surface area contributed by atoms with Crippen LogP contribution in [0.25, 0.3) is 6.08 Å². The van der Waals surface area contributed by atoms with E-state index >= 15 is 0 Å². The summed E-state index contributed by atoms with van der Waals surface area (Å²) in [6.45, 7) is 4.54. The third kappa shape index (κ3) is 7.92. The van der Waals surface area contributed by atoms with Gasteiger partial charge in [0.15, 0.2) is 0 Å². The van der Waals surface area contributed by atoms with E-state index in [2.05, 4.69) is 10.2 Å². The Kier molecular flexibility index (Phi) is 10.4. The second-order valence-electron chi connectivity index (χ2n) is 9.01. The summed E-state index contributed by atoms with van der Waals surface area (Å²) in [5.74, 6) is -0.538. The summed E-state index contributed by atoms with van der Waals surface area (Å²) in [4.78, 5) is 31.2. The Balaban J connectivity index is 1.60. The normalized spacial score (nSPS) is 14.8. The molecule has 1 N–H and O–H groups in total. The van der Waals surface area contributed by atoms with Crippen LogP contribution in [0.5, 0.6) is 0 Å². The highest BCUT2D eigenvalue weighted by atomic mass is 35.5. The van der Waals surface area contributed by atoms with Crippen molar-refractivity contribution >= 4 is 41.1 Å². The SMILES string of the molecule is O=C(NCCN1CCOCC1)C(c1ccccc1)N(Cc1ccccc1)C(=O)/C=C/c1ccc(Cl)cc1Cl. The average Bonchev–Trinajstić information content (AvgIpc) is 2.94. The van der Waals surface area contributed by atoms with E-state index in [-0.39, 0.29) is 18.4 Å². The Bertz CT molecular complexity index is 1230. The first-order chi connectivity index (χ1) is 18.5. The molecule has 0 radical (unpaired) electrons. The standard InChI is InChI=1S/C30H31Cl2N3O3/c31-26-13-11-24(27(32)21-26)12-14-28(36)35(22-23-7-3-1-4-8-23)29(25-9-5-2-6-10-25)30(37)33-15-16-34-17-19-38-20-18-34/h1-14,21,29H,15-20,22H2,(H,33,37)/b14-12+. The summed E-state index contributed by atoms with van der Waals surface area (Å²) in [6.07, 6.45) is 3.10. The zero-order valence-corrected chi connectivity index (χ0v) is 22.6. The molecular formula is C30H31Cl2N3O3. The van der Waals surface area contributed by atoms with Crippen molar-refractivity contribution in [3.05, 3.63) is 112 Å². The molecule has 1 aliphatic rings. The molecule has 0 saturated carbocycles. The van der Waals surface area contributed by atoms with Crippen LogP contribution < -0.4 is 5.32 Å². The molecule has 1 saturated heterocycles. The minimum absolute atomic E-state index is 0.230.